The smallest absolute Gasteiger partial charge is 0.328 e. The zero-order valence-corrected chi connectivity index (χ0v) is 8.76. The van der Waals surface area contributed by atoms with Crippen LogP contribution in [0.15, 0.2) is 24.3 Å². The summed E-state index contributed by atoms with van der Waals surface area (Å²) in [5.41, 5.74) is 5.61. The average molecular weight is 235 g/mol. The van der Waals surface area contributed by atoms with Gasteiger partial charge in [0.1, 0.15) is 0 Å². The Labute approximate surface area is 91.3 Å². The highest BCUT2D eigenvalue weighted by molar-refractivity contribution is 5.26. The van der Waals surface area contributed by atoms with Gasteiger partial charge >= 0.3 is 12.3 Å². The minimum absolute atomic E-state index is 0.0959. The van der Waals surface area contributed by atoms with E-state index in [2.05, 4.69) is 0 Å². The SMILES string of the molecule is CC(N)Cc1ccc(C(F)(F)C(F)F)cc1. The lowest BCUT2D eigenvalue weighted by Gasteiger charge is -2.16. The van der Waals surface area contributed by atoms with E-state index in [9.17, 15) is 17.6 Å². The molecule has 0 radical (unpaired) electrons. The maximum absolute atomic E-state index is 12.9. The molecule has 0 aliphatic rings. The molecule has 0 fully saturated rings. The highest BCUT2D eigenvalue weighted by atomic mass is 19.3. The third-order valence-corrected chi connectivity index (χ3v) is 2.17. The topological polar surface area (TPSA) is 26.0 Å². The predicted molar refractivity (Wildman–Crippen MR) is 53.7 cm³/mol. The van der Waals surface area contributed by atoms with Crippen LogP contribution in [0, 0.1) is 0 Å². The Balaban J connectivity index is 2.86. The van der Waals surface area contributed by atoms with Gasteiger partial charge in [-0.15, -0.1) is 0 Å². The minimum Gasteiger partial charge on any atom is -0.328 e. The van der Waals surface area contributed by atoms with E-state index in [0.29, 0.717) is 6.42 Å². The first kappa shape index (κ1) is 13.0. The van der Waals surface area contributed by atoms with Crippen LogP contribution in [0.3, 0.4) is 0 Å². The Kier molecular flexibility index (Phi) is 3.91. The monoisotopic (exact) mass is 235 g/mol. The fourth-order valence-corrected chi connectivity index (χ4v) is 1.36. The van der Waals surface area contributed by atoms with E-state index in [1.54, 1.807) is 6.92 Å². The van der Waals surface area contributed by atoms with Crippen molar-refractivity contribution in [3.05, 3.63) is 35.4 Å². The summed E-state index contributed by atoms with van der Waals surface area (Å²) in [5.74, 6) is -4.09. The van der Waals surface area contributed by atoms with Gasteiger partial charge < -0.3 is 5.73 Å². The molecule has 1 atom stereocenters. The fraction of sp³-hybridized carbons (Fsp3) is 0.455. The number of alkyl halides is 4. The molecule has 2 N–H and O–H groups in total. The molecule has 0 saturated carbocycles. The van der Waals surface area contributed by atoms with Crippen molar-refractivity contribution in [3.8, 4) is 0 Å². The van der Waals surface area contributed by atoms with E-state index in [1.165, 1.54) is 12.1 Å². The van der Waals surface area contributed by atoms with Crippen LogP contribution < -0.4 is 5.73 Å². The normalized spacial score (nSPS) is 14.2. The van der Waals surface area contributed by atoms with Gasteiger partial charge in [-0.25, -0.2) is 8.78 Å². The van der Waals surface area contributed by atoms with Crippen LogP contribution in [0.1, 0.15) is 18.1 Å². The zero-order chi connectivity index (χ0) is 12.3. The maximum atomic E-state index is 12.9. The lowest BCUT2D eigenvalue weighted by molar-refractivity contribution is -0.135. The van der Waals surface area contributed by atoms with E-state index in [0.717, 1.165) is 17.7 Å². The third kappa shape index (κ3) is 2.95. The van der Waals surface area contributed by atoms with Crippen molar-refractivity contribution in [1.82, 2.24) is 0 Å². The second-order valence-electron chi connectivity index (χ2n) is 3.80. The van der Waals surface area contributed by atoms with Gasteiger partial charge in [-0.3, -0.25) is 0 Å². The predicted octanol–water partition coefficient (Wildman–Crippen LogP) is 2.93. The number of hydrogen-bond acceptors (Lipinski definition) is 1. The van der Waals surface area contributed by atoms with Crippen molar-refractivity contribution in [2.45, 2.75) is 31.7 Å². The number of halogens is 4. The highest BCUT2D eigenvalue weighted by Crippen LogP contribution is 2.34. The minimum atomic E-state index is -4.09. The largest absolute Gasteiger partial charge is 0.332 e. The molecular weight excluding hydrogens is 222 g/mol. The Bertz CT molecular complexity index is 332. The van der Waals surface area contributed by atoms with Crippen molar-refractivity contribution in [3.63, 3.8) is 0 Å². The van der Waals surface area contributed by atoms with Crippen molar-refractivity contribution >= 4 is 0 Å². The molecule has 90 valence electrons. The van der Waals surface area contributed by atoms with Gasteiger partial charge in [0.05, 0.1) is 0 Å². The molecule has 1 unspecified atom stereocenters. The molecule has 0 spiro atoms. The molecular formula is C11H13F4N. The Morgan fingerprint density at radius 3 is 2.06 bits per heavy atom. The first-order chi connectivity index (χ1) is 7.34. The number of nitrogens with two attached hydrogens (primary N) is 1. The van der Waals surface area contributed by atoms with Crippen LogP contribution in [-0.2, 0) is 12.3 Å². The fourth-order valence-electron chi connectivity index (χ4n) is 1.36. The molecule has 0 aliphatic heterocycles. The lowest BCUT2D eigenvalue weighted by Crippen LogP contribution is -2.23. The first-order valence-corrected chi connectivity index (χ1v) is 4.85. The molecule has 1 aromatic carbocycles. The Hall–Kier alpha value is -1.10. The molecule has 0 saturated heterocycles. The molecule has 0 heterocycles. The molecule has 1 aromatic rings. The van der Waals surface area contributed by atoms with Gasteiger partial charge in [0.15, 0.2) is 0 Å². The maximum Gasteiger partial charge on any atom is 0.332 e. The third-order valence-electron chi connectivity index (χ3n) is 2.17. The molecule has 0 bridgehead atoms. The van der Waals surface area contributed by atoms with E-state index in [-0.39, 0.29) is 6.04 Å². The summed E-state index contributed by atoms with van der Waals surface area (Å²) in [5, 5.41) is 0. The molecule has 0 amide bonds. The van der Waals surface area contributed by atoms with Crippen molar-refractivity contribution in [1.29, 1.82) is 0 Å². The summed E-state index contributed by atoms with van der Waals surface area (Å²) in [6, 6.07) is 4.74. The van der Waals surface area contributed by atoms with Gasteiger partial charge in [-0.2, -0.15) is 8.78 Å². The number of benzene rings is 1. The van der Waals surface area contributed by atoms with Gasteiger partial charge in [0.2, 0.25) is 0 Å². The van der Waals surface area contributed by atoms with Crippen LogP contribution in [-0.4, -0.2) is 12.5 Å². The molecule has 16 heavy (non-hydrogen) atoms. The summed E-state index contributed by atoms with van der Waals surface area (Å²) in [7, 11) is 0. The average Bonchev–Trinajstić information content (AvgIpc) is 2.17. The summed E-state index contributed by atoms with van der Waals surface area (Å²) in [6.45, 7) is 1.78. The van der Waals surface area contributed by atoms with Crippen molar-refractivity contribution < 1.29 is 17.6 Å². The van der Waals surface area contributed by atoms with Gasteiger partial charge in [0, 0.05) is 11.6 Å². The van der Waals surface area contributed by atoms with E-state index in [1.807, 2.05) is 0 Å². The van der Waals surface area contributed by atoms with E-state index < -0.39 is 17.9 Å². The van der Waals surface area contributed by atoms with Crippen LogP contribution in [0.25, 0.3) is 0 Å². The van der Waals surface area contributed by atoms with Crippen LogP contribution >= 0.6 is 0 Å². The zero-order valence-electron chi connectivity index (χ0n) is 8.76. The summed E-state index contributed by atoms with van der Waals surface area (Å²) in [6.07, 6.45) is -3.16. The van der Waals surface area contributed by atoms with E-state index in [4.69, 9.17) is 5.73 Å². The van der Waals surface area contributed by atoms with Crippen molar-refractivity contribution in [2.75, 3.05) is 0 Å². The van der Waals surface area contributed by atoms with Crippen LogP contribution in [0.4, 0.5) is 17.6 Å². The van der Waals surface area contributed by atoms with Gasteiger partial charge in [-0.05, 0) is 18.9 Å². The second kappa shape index (κ2) is 4.82. The Morgan fingerprint density at radius 1 is 1.19 bits per heavy atom. The molecule has 5 heteroatoms. The summed E-state index contributed by atoms with van der Waals surface area (Å²) < 4.78 is 49.9. The Morgan fingerprint density at radius 2 is 1.69 bits per heavy atom. The number of hydrogen-bond donors (Lipinski definition) is 1. The van der Waals surface area contributed by atoms with E-state index >= 15 is 0 Å². The molecule has 1 rings (SSSR count). The number of rotatable bonds is 4. The summed E-state index contributed by atoms with van der Waals surface area (Å²) in [4.78, 5) is 0. The lowest BCUT2D eigenvalue weighted by atomic mass is 10.0. The molecule has 0 aliphatic carbocycles. The molecule has 1 nitrogen and oxygen atoms in total. The second-order valence-corrected chi connectivity index (χ2v) is 3.80. The molecule has 0 aromatic heterocycles. The summed E-state index contributed by atoms with van der Waals surface area (Å²) >= 11 is 0. The van der Waals surface area contributed by atoms with Gasteiger partial charge in [-0.1, -0.05) is 24.3 Å². The quantitative estimate of drug-likeness (QED) is 0.798. The first-order valence-electron chi connectivity index (χ1n) is 4.85. The van der Waals surface area contributed by atoms with Crippen molar-refractivity contribution in [2.24, 2.45) is 5.73 Å². The van der Waals surface area contributed by atoms with Crippen LogP contribution in [0.2, 0.25) is 0 Å². The highest BCUT2D eigenvalue weighted by Gasteiger charge is 2.42. The van der Waals surface area contributed by atoms with Gasteiger partial charge in [0.25, 0.3) is 0 Å². The standard InChI is InChI=1S/C11H13F4N/c1-7(16)6-8-2-4-9(5-3-8)11(14,15)10(12)13/h2-5,7,10H,6,16H2,1H3. The van der Waals surface area contributed by atoms with Crippen LogP contribution in [0.5, 0.6) is 0 Å².